The third-order valence-electron chi connectivity index (χ3n) is 5.07. The molecule has 1 amide bonds. The first-order chi connectivity index (χ1) is 11.5. The van der Waals surface area contributed by atoms with Crippen LogP contribution < -0.4 is 5.73 Å². The topological polar surface area (TPSA) is 64.2 Å². The van der Waals surface area contributed by atoms with Gasteiger partial charge in [-0.2, -0.15) is 5.10 Å². The molecule has 24 heavy (non-hydrogen) atoms. The molecule has 2 N–H and O–H groups in total. The molecule has 128 valence electrons. The van der Waals surface area contributed by atoms with E-state index in [0.717, 1.165) is 42.9 Å². The Labute approximate surface area is 143 Å². The van der Waals surface area contributed by atoms with Gasteiger partial charge in [0.15, 0.2) is 0 Å². The molecular formula is C19H26N4O. The zero-order chi connectivity index (χ0) is 17.3. The van der Waals surface area contributed by atoms with Crippen molar-refractivity contribution in [3.05, 3.63) is 47.3 Å². The minimum Gasteiger partial charge on any atom is -0.338 e. The number of piperidine rings is 1. The van der Waals surface area contributed by atoms with Crippen LogP contribution in [0.2, 0.25) is 0 Å². The minimum absolute atomic E-state index is 0.0673. The van der Waals surface area contributed by atoms with Crippen molar-refractivity contribution in [2.75, 3.05) is 13.1 Å². The number of carbonyl (C=O) groups excluding carboxylic acids is 1. The van der Waals surface area contributed by atoms with Crippen LogP contribution in [-0.2, 0) is 0 Å². The lowest BCUT2D eigenvalue weighted by Crippen LogP contribution is -2.45. The number of amides is 1. The molecule has 0 saturated carbocycles. The quantitative estimate of drug-likeness (QED) is 0.943. The van der Waals surface area contributed by atoms with Crippen LogP contribution in [0.5, 0.6) is 0 Å². The van der Waals surface area contributed by atoms with Crippen molar-refractivity contribution < 1.29 is 4.79 Å². The Bertz CT molecular complexity index is 735. The second kappa shape index (κ2) is 6.77. The Morgan fingerprint density at radius 2 is 2.08 bits per heavy atom. The molecule has 5 nitrogen and oxygen atoms in total. The van der Waals surface area contributed by atoms with Gasteiger partial charge in [0.05, 0.1) is 23.1 Å². The number of benzene rings is 1. The fraction of sp³-hybridized carbons (Fsp3) is 0.474. The average molecular weight is 326 g/mol. The Morgan fingerprint density at radius 3 is 2.79 bits per heavy atom. The lowest BCUT2D eigenvalue weighted by atomic mass is 9.92. The van der Waals surface area contributed by atoms with Gasteiger partial charge in [-0.3, -0.25) is 4.79 Å². The SMILES string of the molecule is Cc1ccccc1-n1ncc(C(=O)N2CCC[C@H]([C@H](C)N)C2)c1C. The van der Waals surface area contributed by atoms with Gasteiger partial charge in [0.25, 0.3) is 5.91 Å². The highest BCUT2D eigenvalue weighted by Crippen LogP contribution is 2.23. The maximum absolute atomic E-state index is 13.0. The highest BCUT2D eigenvalue weighted by atomic mass is 16.2. The van der Waals surface area contributed by atoms with Gasteiger partial charge >= 0.3 is 0 Å². The summed E-state index contributed by atoms with van der Waals surface area (Å²) in [4.78, 5) is 14.9. The van der Waals surface area contributed by atoms with Crippen LogP contribution in [0.25, 0.3) is 5.69 Å². The lowest BCUT2D eigenvalue weighted by molar-refractivity contribution is 0.0660. The molecule has 2 atom stereocenters. The third kappa shape index (κ3) is 3.08. The van der Waals surface area contributed by atoms with Crippen molar-refractivity contribution in [1.82, 2.24) is 14.7 Å². The van der Waals surface area contributed by atoms with Crippen LogP contribution in [0.3, 0.4) is 0 Å². The molecule has 5 heteroatoms. The van der Waals surface area contributed by atoms with E-state index in [1.54, 1.807) is 6.20 Å². The lowest BCUT2D eigenvalue weighted by Gasteiger charge is -2.34. The standard InChI is InChI=1S/C19H26N4O/c1-13-7-4-5-9-18(13)23-15(3)17(11-21-23)19(24)22-10-6-8-16(12-22)14(2)20/h4-5,7,9,11,14,16H,6,8,10,12,20H2,1-3H3/t14-,16-/m0/s1. The molecule has 1 aliphatic heterocycles. The van der Waals surface area contributed by atoms with Crippen molar-refractivity contribution in [3.8, 4) is 5.69 Å². The number of rotatable bonds is 3. The van der Waals surface area contributed by atoms with Crippen molar-refractivity contribution in [2.45, 2.75) is 39.7 Å². The second-order valence-corrected chi connectivity index (χ2v) is 6.85. The summed E-state index contributed by atoms with van der Waals surface area (Å²) in [5.74, 6) is 0.451. The molecule has 1 aromatic heterocycles. The Kier molecular flexibility index (Phi) is 4.71. The van der Waals surface area contributed by atoms with Crippen LogP contribution >= 0.6 is 0 Å². The Morgan fingerprint density at radius 1 is 1.33 bits per heavy atom. The number of nitrogens with zero attached hydrogens (tertiary/aromatic N) is 3. The molecule has 0 aliphatic carbocycles. The van der Waals surface area contributed by atoms with Crippen LogP contribution in [0.1, 0.15) is 41.4 Å². The Hall–Kier alpha value is -2.14. The van der Waals surface area contributed by atoms with Crippen LogP contribution in [0.4, 0.5) is 0 Å². The maximum Gasteiger partial charge on any atom is 0.257 e. The van der Waals surface area contributed by atoms with Crippen molar-refractivity contribution in [2.24, 2.45) is 11.7 Å². The van der Waals surface area contributed by atoms with E-state index in [2.05, 4.69) is 18.1 Å². The number of para-hydroxylation sites is 1. The average Bonchev–Trinajstić information content (AvgIpc) is 2.96. The fourth-order valence-corrected chi connectivity index (χ4v) is 3.46. The zero-order valence-electron chi connectivity index (χ0n) is 14.7. The van der Waals surface area contributed by atoms with E-state index >= 15 is 0 Å². The first-order valence-electron chi connectivity index (χ1n) is 8.64. The van der Waals surface area contributed by atoms with E-state index in [0.29, 0.717) is 11.5 Å². The summed E-state index contributed by atoms with van der Waals surface area (Å²) < 4.78 is 1.86. The monoisotopic (exact) mass is 326 g/mol. The number of aryl methyl sites for hydroxylation is 1. The van der Waals surface area contributed by atoms with Gasteiger partial charge in [0, 0.05) is 19.1 Å². The largest absolute Gasteiger partial charge is 0.338 e. The normalized spacial score (nSPS) is 19.3. The minimum atomic E-state index is 0.0673. The number of likely N-dealkylation sites (tertiary alicyclic amines) is 1. The van der Waals surface area contributed by atoms with Gasteiger partial charge in [-0.25, -0.2) is 4.68 Å². The van der Waals surface area contributed by atoms with Gasteiger partial charge in [-0.15, -0.1) is 0 Å². The van der Waals surface area contributed by atoms with Gasteiger partial charge in [-0.05, 0) is 51.2 Å². The zero-order valence-corrected chi connectivity index (χ0v) is 14.7. The van der Waals surface area contributed by atoms with Crippen molar-refractivity contribution in [1.29, 1.82) is 0 Å². The summed E-state index contributed by atoms with van der Waals surface area (Å²) >= 11 is 0. The van der Waals surface area contributed by atoms with E-state index < -0.39 is 0 Å². The van der Waals surface area contributed by atoms with Crippen LogP contribution in [0, 0.1) is 19.8 Å². The number of nitrogens with two attached hydrogens (primary N) is 1. The molecule has 0 bridgehead atoms. The molecule has 0 radical (unpaired) electrons. The van der Waals surface area contributed by atoms with Crippen LogP contribution in [-0.4, -0.2) is 39.7 Å². The molecule has 1 saturated heterocycles. The first-order valence-corrected chi connectivity index (χ1v) is 8.64. The van der Waals surface area contributed by atoms with E-state index in [4.69, 9.17) is 5.73 Å². The van der Waals surface area contributed by atoms with Crippen molar-refractivity contribution in [3.63, 3.8) is 0 Å². The molecular weight excluding hydrogens is 300 g/mol. The van der Waals surface area contributed by atoms with Gasteiger partial charge in [0.1, 0.15) is 0 Å². The number of hydrogen-bond acceptors (Lipinski definition) is 3. The molecule has 2 aromatic rings. The summed E-state index contributed by atoms with van der Waals surface area (Å²) in [6.07, 6.45) is 3.81. The van der Waals surface area contributed by atoms with Gasteiger partial charge in [-0.1, -0.05) is 18.2 Å². The van der Waals surface area contributed by atoms with Crippen LogP contribution in [0.15, 0.2) is 30.5 Å². The smallest absolute Gasteiger partial charge is 0.257 e. The highest BCUT2D eigenvalue weighted by molar-refractivity contribution is 5.95. The molecule has 1 aliphatic rings. The van der Waals surface area contributed by atoms with E-state index in [1.165, 1.54) is 0 Å². The molecule has 0 unspecified atom stereocenters. The molecule has 1 aromatic carbocycles. The first kappa shape index (κ1) is 16.7. The summed E-state index contributed by atoms with van der Waals surface area (Å²) in [5, 5.41) is 4.46. The summed E-state index contributed by atoms with van der Waals surface area (Å²) in [6.45, 7) is 7.58. The Balaban J connectivity index is 1.86. The molecule has 0 spiro atoms. The molecule has 2 heterocycles. The van der Waals surface area contributed by atoms with E-state index in [-0.39, 0.29) is 11.9 Å². The number of aromatic nitrogens is 2. The molecule has 3 rings (SSSR count). The summed E-state index contributed by atoms with van der Waals surface area (Å²) in [7, 11) is 0. The van der Waals surface area contributed by atoms with E-state index in [9.17, 15) is 4.79 Å². The van der Waals surface area contributed by atoms with E-state index in [1.807, 2.05) is 41.6 Å². The van der Waals surface area contributed by atoms with Crippen molar-refractivity contribution >= 4 is 5.91 Å². The predicted octanol–water partition coefficient (Wildman–Crippen LogP) is 2.69. The highest BCUT2D eigenvalue weighted by Gasteiger charge is 2.28. The predicted molar refractivity (Wildman–Crippen MR) is 95.3 cm³/mol. The third-order valence-corrected chi connectivity index (χ3v) is 5.07. The second-order valence-electron chi connectivity index (χ2n) is 6.85. The number of carbonyl (C=O) groups is 1. The fourth-order valence-electron chi connectivity index (χ4n) is 3.46. The number of hydrogen-bond donors (Lipinski definition) is 1. The van der Waals surface area contributed by atoms with Gasteiger partial charge in [0.2, 0.25) is 0 Å². The van der Waals surface area contributed by atoms with Gasteiger partial charge < -0.3 is 10.6 Å². The summed E-state index contributed by atoms with van der Waals surface area (Å²) in [6, 6.07) is 8.19. The summed E-state index contributed by atoms with van der Waals surface area (Å²) in [5.41, 5.74) is 9.76. The molecule has 1 fully saturated rings. The maximum atomic E-state index is 13.0.